The molecule has 3 aliphatic rings. The smallest absolute Gasteiger partial charge is 0.312 e. The minimum absolute atomic E-state index is 0.260. The van der Waals surface area contributed by atoms with Crippen LogP contribution in [0, 0.1) is 16.6 Å². The van der Waals surface area contributed by atoms with E-state index in [-0.39, 0.29) is 25.1 Å². The van der Waals surface area contributed by atoms with E-state index in [9.17, 15) is 14.7 Å². The molecule has 0 saturated heterocycles. The van der Waals surface area contributed by atoms with Crippen molar-refractivity contribution in [1.29, 1.82) is 0 Å². The molecule has 8 heteroatoms. The zero-order valence-corrected chi connectivity index (χ0v) is 19.9. The highest BCUT2D eigenvalue weighted by Gasteiger charge is 2.67. The molecule has 2 N–H and O–H groups in total. The van der Waals surface area contributed by atoms with Gasteiger partial charge >= 0.3 is 5.97 Å². The highest BCUT2D eigenvalue weighted by atomic mass is 19.1. The molecule has 5 rings (SSSR count). The molecule has 0 bridgehead atoms. The van der Waals surface area contributed by atoms with Crippen LogP contribution in [-0.4, -0.2) is 26.8 Å². The number of amides is 1. The molecule has 6 nitrogen and oxygen atoms in total. The van der Waals surface area contributed by atoms with E-state index in [0.29, 0.717) is 24.0 Å². The Morgan fingerprint density at radius 3 is 2.47 bits per heavy atom. The van der Waals surface area contributed by atoms with E-state index in [1.165, 1.54) is 4.68 Å². The number of carboxylic acid groups (broad SMARTS) is 1. The predicted molar refractivity (Wildman–Crippen MR) is 132 cm³/mol. The van der Waals surface area contributed by atoms with Gasteiger partial charge in [0.05, 0.1) is 17.0 Å². The van der Waals surface area contributed by atoms with Crippen LogP contribution in [0.4, 0.5) is 14.6 Å². The zero-order chi connectivity index (χ0) is 25.6. The lowest BCUT2D eigenvalue weighted by Gasteiger charge is -2.40. The van der Waals surface area contributed by atoms with Crippen molar-refractivity contribution in [3.8, 4) is 0 Å². The molecule has 0 radical (unpaired) electrons. The molecule has 2 aromatic rings. The average Bonchev–Trinajstić information content (AvgIpc) is 3.64. The summed E-state index contributed by atoms with van der Waals surface area (Å²) in [5, 5.41) is 17.0. The van der Waals surface area contributed by atoms with Crippen molar-refractivity contribution in [3.05, 3.63) is 90.2 Å². The summed E-state index contributed by atoms with van der Waals surface area (Å²) in [5.74, 6) is -3.13. The number of nitrogens with zero attached hydrogens (tertiary/aromatic N) is 2. The molecule has 1 aromatic heterocycles. The van der Waals surface area contributed by atoms with Crippen LogP contribution in [-0.2, 0) is 15.1 Å². The van der Waals surface area contributed by atoms with Gasteiger partial charge in [0.25, 0.3) is 0 Å². The number of aliphatic carboxylic acids is 1. The second kappa shape index (κ2) is 8.69. The molecular formula is C28H27F2N3O3. The first-order valence-electron chi connectivity index (χ1n) is 12.1. The Bertz CT molecular complexity index is 1340. The predicted octanol–water partition coefficient (Wildman–Crippen LogP) is 5.77. The molecule has 1 unspecified atom stereocenters. The second-order valence-electron chi connectivity index (χ2n) is 9.71. The Balaban J connectivity index is 1.59. The van der Waals surface area contributed by atoms with Crippen molar-refractivity contribution in [1.82, 2.24) is 9.78 Å². The Kier molecular flexibility index (Phi) is 5.77. The van der Waals surface area contributed by atoms with Gasteiger partial charge in [0.2, 0.25) is 5.91 Å². The lowest BCUT2D eigenvalue weighted by atomic mass is 9.73. The first-order valence-corrected chi connectivity index (χ1v) is 12.1. The largest absolute Gasteiger partial charge is 0.481 e. The molecule has 1 fully saturated rings. The second-order valence-corrected chi connectivity index (χ2v) is 9.71. The van der Waals surface area contributed by atoms with Crippen LogP contribution in [0.1, 0.15) is 44.6 Å². The van der Waals surface area contributed by atoms with Gasteiger partial charge in [-0.05, 0) is 31.2 Å². The number of carboxylic acids is 1. The Hall–Kier alpha value is -3.81. The van der Waals surface area contributed by atoms with Crippen molar-refractivity contribution in [3.63, 3.8) is 0 Å². The van der Waals surface area contributed by atoms with Crippen molar-refractivity contribution in [2.75, 3.05) is 5.32 Å². The summed E-state index contributed by atoms with van der Waals surface area (Å²) in [7, 11) is 0. The number of aromatic nitrogens is 2. The molecule has 3 aliphatic carbocycles. The molecule has 186 valence electrons. The summed E-state index contributed by atoms with van der Waals surface area (Å²) in [6.07, 6.45) is 12.5. The van der Waals surface area contributed by atoms with Crippen LogP contribution >= 0.6 is 0 Å². The quantitative estimate of drug-likeness (QED) is 0.515. The number of nitrogens with one attached hydrogen (secondary N) is 1. The number of carbonyl (C=O) groups is 2. The van der Waals surface area contributed by atoms with E-state index in [4.69, 9.17) is 0 Å². The highest BCUT2D eigenvalue weighted by molar-refractivity contribution is 5.96. The Morgan fingerprint density at radius 2 is 1.89 bits per heavy atom. The molecule has 36 heavy (non-hydrogen) atoms. The number of hydrogen-bond donors (Lipinski definition) is 2. The van der Waals surface area contributed by atoms with Gasteiger partial charge in [0, 0.05) is 12.0 Å². The minimum Gasteiger partial charge on any atom is -0.481 e. The third-order valence-corrected chi connectivity index (χ3v) is 7.88. The molecule has 1 aromatic carbocycles. The number of allylic oxidation sites excluding steroid dienone is 7. The van der Waals surface area contributed by atoms with Crippen molar-refractivity contribution in [2.45, 2.75) is 44.6 Å². The maximum Gasteiger partial charge on any atom is 0.312 e. The molecule has 0 aliphatic heterocycles. The van der Waals surface area contributed by atoms with Crippen LogP contribution < -0.4 is 5.32 Å². The average molecular weight is 492 g/mol. The molecule has 0 spiro atoms. The van der Waals surface area contributed by atoms with E-state index in [1.54, 1.807) is 48.6 Å². The van der Waals surface area contributed by atoms with Crippen molar-refractivity contribution >= 4 is 23.3 Å². The fraction of sp³-hybridized carbons (Fsp3) is 0.321. The number of hydrogen-bond acceptors (Lipinski definition) is 3. The normalized spacial score (nSPS) is 26.2. The Labute approximate surface area is 207 Å². The summed E-state index contributed by atoms with van der Waals surface area (Å²) in [6, 6.07) is 8.95. The summed E-state index contributed by atoms with van der Waals surface area (Å²) in [6.45, 7) is 1.87. The van der Waals surface area contributed by atoms with E-state index >= 15 is 8.78 Å². The maximum absolute atomic E-state index is 15.7. The molecule has 2 atom stereocenters. The minimum atomic E-state index is -1.53. The van der Waals surface area contributed by atoms with Crippen LogP contribution in [0.2, 0.25) is 0 Å². The van der Waals surface area contributed by atoms with E-state index in [1.807, 2.05) is 25.1 Å². The SMILES string of the molecule is CCC1(C(=O)Nc2c(F)cnn2[C@@]2(C3(C(=O)O)CC3)C=CC(c3ccccc3)=C(F)C2)C=CC=CC1. The van der Waals surface area contributed by atoms with Crippen LogP contribution in [0.15, 0.2) is 78.8 Å². The van der Waals surface area contributed by atoms with Gasteiger partial charge in [-0.2, -0.15) is 5.10 Å². The van der Waals surface area contributed by atoms with Gasteiger partial charge in [0.15, 0.2) is 11.6 Å². The lowest BCUT2D eigenvalue weighted by Crippen LogP contribution is -2.48. The molecule has 1 saturated carbocycles. The lowest BCUT2D eigenvalue weighted by molar-refractivity contribution is -0.147. The molecular weight excluding hydrogens is 464 g/mol. The molecule has 1 heterocycles. The number of carbonyl (C=O) groups excluding carboxylic acids is 1. The highest BCUT2D eigenvalue weighted by Crippen LogP contribution is 2.62. The number of benzene rings is 1. The third-order valence-electron chi connectivity index (χ3n) is 7.88. The van der Waals surface area contributed by atoms with E-state index in [0.717, 1.165) is 6.20 Å². The fourth-order valence-electron chi connectivity index (χ4n) is 5.44. The monoisotopic (exact) mass is 491 g/mol. The summed E-state index contributed by atoms with van der Waals surface area (Å²) in [5.41, 5.74) is -2.79. The maximum atomic E-state index is 15.7. The van der Waals surface area contributed by atoms with Crippen LogP contribution in [0.25, 0.3) is 5.57 Å². The van der Waals surface area contributed by atoms with Crippen molar-refractivity contribution < 1.29 is 23.5 Å². The van der Waals surface area contributed by atoms with Crippen LogP contribution in [0.5, 0.6) is 0 Å². The standard InChI is InChI=1S/C28H27F2N3O3/c1-2-26(12-7-4-8-13-26)24(34)32-23-22(30)18-31-33(23)28(27(15-16-27)25(35)36)14-11-20(21(29)17-28)19-9-5-3-6-10-19/h3-12,14,18H,2,13,15-17H2,1H3,(H,32,34)(H,35,36)/t26?,28-/m0/s1. The van der Waals surface area contributed by atoms with Gasteiger partial charge in [-0.3, -0.25) is 9.59 Å². The van der Waals surface area contributed by atoms with Gasteiger partial charge in [-0.1, -0.05) is 73.7 Å². The molecule has 1 amide bonds. The zero-order valence-electron chi connectivity index (χ0n) is 19.9. The van der Waals surface area contributed by atoms with Gasteiger partial charge < -0.3 is 10.4 Å². The number of anilines is 1. The number of rotatable bonds is 7. The first-order chi connectivity index (χ1) is 17.3. The van der Waals surface area contributed by atoms with E-state index < -0.39 is 39.9 Å². The Morgan fingerprint density at radius 1 is 1.14 bits per heavy atom. The van der Waals surface area contributed by atoms with Crippen molar-refractivity contribution in [2.24, 2.45) is 10.8 Å². The van der Waals surface area contributed by atoms with Gasteiger partial charge in [-0.25, -0.2) is 13.5 Å². The summed E-state index contributed by atoms with van der Waals surface area (Å²) in [4.78, 5) is 25.9. The van der Waals surface area contributed by atoms with Gasteiger partial charge in [-0.15, -0.1) is 0 Å². The first kappa shape index (κ1) is 23.9. The van der Waals surface area contributed by atoms with E-state index in [2.05, 4.69) is 10.4 Å². The topological polar surface area (TPSA) is 84.2 Å². The summed E-state index contributed by atoms with van der Waals surface area (Å²) < 4.78 is 32.0. The van der Waals surface area contributed by atoms with Crippen LogP contribution in [0.3, 0.4) is 0 Å². The fourth-order valence-corrected chi connectivity index (χ4v) is 5.44. The van der Waals surface area contributed by atoms with Gasteiger partial charge in [0.1, 0.15) is 11.4 Å². The summed E-state index contributed by atoms with van der Waals surface area (Å²) >= 11 is 0. The third kappa shape index (κ3) is 3.54. The number of halogens is 2.